The van der Waals surface area contributed by atoms with Gasteiger partial charge in [0.05, 0.1) is 10.6 Å². The molecule has 202 valence electrons. The molecule has 0 amide bonds. The maximum absolute atomic E-state index is 13.3. The molecular formula is C28H30FN7O2S. The second kappa shape index (κ2) is 11.9. The average molecular weight is 548 g/mol. The van der Waals surface area contributed by atoms with Gasteiger partial charge >= 0.3 is 0 Å². The summed E-state index contributed by atoms with van der Waals surface area (Å²) in [5, 5.41) is 6.19. The molecule has 0 saturated carbocycles. The Morgan fingerprint density at radius 1 is 0.897 bits per heavy atom. The summed E-state index contributed by atoms with van der Waals surface area (Å²) in [6, 6.07) is 20.1. The summed E-state index contributed by atoms with van der Waals surface area (Å²) in [5.74, 6) is 0.558. The van der Waals surface area contributed by atoms with Crippen molar-refractivity contribution >= 4 is 33.2 Å². The molecular weight excluding hydrogens is 517 g/mol. The molecule has 5 rings (SSSR count). The molecule has 0 aliphatic carbocycles. The smallest absolute Gasteiger partial charge is 0.243 e. The molecule has 1 saturated heterocycles. The van der Waals surface area contributed by atoms with Gasteiger partial charge in [-0.2, -0.15) is 9.29 Å². The fourth-order valence-electron chi connectivity index (χ4n) is 4.53. The van der Waals surface area contributed by atoms with Crippen LogP contribution in [0.4, 0.5) is 27.5 Å². The Labute approximate surface area is 227 Å². The molecule has 0 atom stereocenters. The number of anilines is 4. The van der Waals surface area contributed by atoms with E-state index < -0.39 is 10.0 Å². The van der Waals surface area contributed by atoms with E-state index in [0.717, 1.165) is 38.2 Å². The van der Waals surface area contributed by atoms with Gasteiger partial charge in [-0.25, -0.2) is 17.8 Å². The van der Waals surface area contributed by atoms with Gasteiger partial charge in [-0.05, 0) is 79.6 Å². The average Bonchev–Trinajstić information content (AvgIpc) is 2.95. The fraction of sp³-hybridized carbons (Fsp3) is 0.250. The van der Waals surface area contributed by atoms with Crippen molar-refractivity contribution in [2.75, 3.05) is 30.8 Å². The van der Waals surface area contributed by atoms with Gasteiger partial charge in [0.25, 0.3) is 0 Å². The summed E-state index contributed by atoms with van der Waals surface area (Å²) in [6.45, 7) is 2.41. The zero-order valence-electron chi connectivity index (χ0n) is 21.5. The minimum Gasteiger partial charge on any atom is -0.340 e. The Bertz CT molecular complexity index is 1480. The van der Waals surface area contributed by atoms with Crippen LogP contribution in [0.3, 0.4) is 0 Å². The lowest BCUT2D eigenvalue weighted by Crippen LogP contribution is -2.45. The van der Waals surface area contributed by atoms with Gasteiger partial charge in [0.2, 0.25) is 16.0 Å². The van der Waals surface area contributed by atoms with Crippen molar-refractivity contribution in [2.24, 2.45) is 0 Å². The Hall–Kier alpha value is -3.93. The summed E-state index contributed by atoms with van der Waals surface area (Å²) in [6.07, 6.45) is 4.92. The van der Waals surface area contributed by atoms with Gasteiger partial charge in [-0.15, -0.1) is 0 Å². The van der Waals surface area contributed by atoms with E-state index in [9.17, 15) is 12.8 Å². The lowest BCUT2D eigenvalue weighted by Gasteiger charge is -2.36. The summed E-state index contributed by atoms with van der Waals surface area (Å²) >= 11 is 0. The molecule has 0 spiro atoms. The largest absolute Gasteiger partial charge is 0.340 e. The van der Waals surface area contributed by atoms with E-state index in [1.54, 1.807) is 61.9 Å². The normalized spacial score (nSPS) is 14.8. The van der Waals surface area contributed by atoms with Crippen LogP contribution in [0.1, 0.15) is 18.5 Å². The number of hydrogen-bond donors (Lipinski definition) is 2. The number of piperidine rings is 1. The Morgan fingerprint density at radius 3 is 2.28 bits per heavy atom. The zero-order chi connectivity index (χ0) is 27.2. The third-order valence-electron chi connectivity index (χ3n) is 6.74. The predicted octanol–water partition coefficient (Wildman–Crippen LogP) is 4.78. The van der Waals surface area contributed by atoms with Crippen LogP contribution in [0.15, 0.2) is 90.1 Å². The van der Waals surface area contributed by atoms with E-state index in [4.69, 9.17) is 0 Å². The molecule has 39 heavy (non-hydrogen) atoms. The van der Waals surface area contributed by atoms with Gasteiger partial charge in [0.1, 0.15) is 11.6 Å². The van der Waals surface area contributed by atoms with Crippen molar-refractivity contribution in [1.29, 1.82) is 0 Å². The Morgan fingerprint density at radius 2 is 1.59 bits per heavy atom. The summed E-state index contributed by atoms with van der Waals surface area (Å²) in [7, 11) is -1.98. The van der Waals surface area contributed by atoms with Crippen LogP contribution < -0.4 is 10.6 Å². The standard InChI is InChI=1S/C28H30FN7O2S/c1-35(25-14-18-36(19-15-25)20-24-4-2-3-16-30-24)39(37,38)26-11-9-23(10-12-26)33-28-31-17-13-27(34-28)32-22-7-5-21(29)6-8-22/h2-13,16-17,25H,14-15,18-20H2,1H3,(H2,31,32,33,34). The number of nitrogens with zero attached hydrogens (tertiary/aromatic N) is 5. The second-order valence-electron chi connectivity index (χ2n) is 9.40. The molecule has 1 aliphatic rings. The van der Waals surface area contributed by atoms with Gasteiger partial charge in [0.15, 0.2) is 0 Å². The third-order valence-corrected chi connectivity index (χ3v) is 8.67. The number of nitrogens with one attached hydrogen (secondary N) is 2. The van der Waals surface area contributed by atoms with Crippen molar-refractivity contribution in [3.63, 3.8) is 0 Å². The van der Waals surface area contributed by atoms with Gasteiger partial charge in [0, 0.05) is 56.5 Å². The number of sulfonamides is 1. The summed E-state index contributed by atoms with van der Waals surface area (Å²) < 4.78 is 41.3. The van der Waals surface area contributed by atoms with E-state index in [1.807, 2.05) is 18.2 Å². The van der Waals surface area contributed by atoms with Crippen LogP contribution in [0.25, 0.3) is 0 Å². The van der Waals surface area contributed by atoms with Gasteiger partial charge < -0.3 is 10.6 Å². The number of pyridine rings is 1. The maximum Gasteiger partial charge on any atom is 0.243 e. The molecule has 1 aliphatic heterocycles. The first-order chi connectivity index (χ1) is 18.9. The summed E-state index contributed by atoms with van der Waals surface area (Å²) in [4.78, 5) is 15.6. The zero-order valence-corrected chi connectivity index (χ0v) is 22.4. The first-order valence-corrected chi connectivity index (χ1v) is 14.1. The van der Waals surface area contributed by atoms with E-state index in [0.29, 0.717) is 23.1 Å². The molecule has 4 aromatic rings. The van der Waals surface area contributed by atoms with Gasteiger partial charge in [-0.3, -0.25) is 9.88 Å². The number of benzene rings is 2. The highest BCUT2D eigenvalue weighted by molar-refractivity contribution is 7.89. The van der Waals surface area contributed by atoms with Crippen molar-refractivity contribution in [1.82, 2.24) is 24.2 Å². The van der Waals surface area contributed by atoms with Crippen molar-refractivity contribution in [3.05, 3.63) is 96.7 Å². The van der Waals surface area contributed by atoms with Crippen LogP contribution in [-0.4, -0.2) is 58.8 Å². The number of aromatic nitrogens is 3. The van der Waals surface area contributed by atoms with Gasteiger partial charge in [-0.1, -0.05) is 6.07 Å². The first-order valence-electron chi connectivity index (χ1n) is 12.7. The molecule has 0 unspecified atom stereocenters. The SMILES string of the molecule is CN(C1CCN(Cc2ccccn2)CC1)S(=O)(=O)c1ccc(Nc2nccc(Nc3ccc(F)cc3)n2)cc1. The second-order valence-corrected chi connectivity index (χ2v) is 11.4. The molecule has 2 N–H and O–H groups in total. The third kappa shape index (κ3) is 6.75. The van der Waals surface area contributed by atoms with Crippen LogP contribution >= 0.6 is 0 Å². The summed E-state index contributed by atoms with van der Waals surface area (Å²) in [5.41, 5.74) is 2.36. The highest BCUT2D eigenvalue weighted by Crippen LogP contribution is 2.25. The number of hydrogen-bond acceptors (Lipinski definition) is 8. The Kier molecular flexibility index (Phi) is 8.10. The van der Waals surface area contributed by atoms with E-state index in [2.05, 4.69) is 30.5 Å². The molecule has 0 radical (unpaired) electrons. The lowest BCUT2D eigenvalue weighted by atomic mass is 10.1. The monoisotopic (exact) mass is 547 g/mol. The topological polar surface area (TPSA) is 103 Å². The van der Waals surface area contributed by atoms with Crippen molar-refractivity contribution in [2.45, 2.75) is 30.3 Å². The molecule has 9 nitrogen and oxygen atoms in total. The number of halogens is 1. The van der Waals surface area contributed by atoms with Crippen molar-refractivity contribution < 1.29 is 12.8 Å². The van der Waals surface area contributed by atoms with Crippen molar-refractivity contribution in [3.8, 4) is 0 Å². The molecule has 2 aromatic heterocycles. The number of likely N-dealkylation sites (tertiary alicyclic amines) is 1. The highest BCUT2D eigenvalue weighted by Gasteiger charge is 2.31. The van der Waals surface area contributed by atoms with Crippen LogP contribution in [0.2, 0.25) is 0 Å². The molecule has 0 bridgehead atoms. The van der Waals surface area contributed by atoms with E-state index in [1.165, 1.54) is 16.4 Å². The van der Waals surface area contributed by atoms with Crippen LogP contribution in [0, 0.1) is 5.82 Å². The van der Waals surface area contributed by atoms with E-state index >= 15 is 0 Å². The predicted molar refractivity (Wildman–Crippen MR) is 149 cm³/mol. The van der Waals surface area contributed by atoms with Crippen LogP contribution in [-0.2, 0) is 16.6 Å². The first kappa shape index (κ1) is 26.7. The van der Waals surface area contributed by atoms with E-state index in [-0.39, 0.29) is 16.8 Å². The highest BCUT2D eigenvalue weighted by atomic mass is 32.2. The lowest BCUT2D eigenvalue weighted by molar-refractivity contribution is 0.162. The fourth-order valence-corrected chi connectivity index (χ4v) is 5.95. The van der Waals surface area contributed by atoms with Crippen LogP contribution in [0.5, 0.6) is 0 Å². The quantitative estimate of drug-likeness (QED) is 0.309. The maximum atomic E-state index is 13.3. The number of rotatable bonds is 9. The molecule has 2 aromatic carbocycles. The molecule has 1 fully saturated rings. The minimum absolute atomic E-state index is 0.0578. The molecule has 11 heteroatoms. The molecule has 3 heterocycles. The Balaban J connectivity index is 1.18. The minimum atomic E-state index is -3.64.